The summed E-state index contributed by atoms with van der Waals surface area (Å²) in [5.74, 6) is -0.00319. The molecule has 0 aliphatic carbocycles. The van der Waals surface area contributed by atoms with Gasteiger partial charge in [0.2, 0.25) is 0 Å². The highest BCUT2D eigenvalue weighted by molar-refractivity contribution is 8.04. The fraction of sp³-hybridized carbons (Fsp3) is 0.571. The van der Waals surface area contributed by atoms with Gasteiger partial charge >= 0.3 is 0 Å². The number of rotatable bonds is 2. The van der Waals surface area contributed by atoms with Crippen molar-refractivity contribution >= 4 is 23.3 Å². The van der Waals surface area contributed by atoms with Gasteiger partial charge in [0, 0.05) is 0 Å². The first-order valence-electron chi connectivity index (χ1n) is 3.19. The lowest BCUT2D eigenvalue weighted by molar-refractivity contribution is -0.116. The largest absolute Gasteiger partial charge is 0.312 e. The molecular formula is C7H12N2O2S. The Morgan fingerprint density at radius 1 is 1.42 bits per heavy atom. The zero-order chi connectivity index (χ0) is 10.1. The summed E-state index contributed by atoms with van der Waals surface area (Å²) in [5, 5.41) is 9.02. The van der Waals surface area contributed by atoms with Gasteiger partial charge < -0.3 is 10.5 Å². The third-order valence-corrected chi connectivity index (χ3v) is 1.27. The number of nitriles is 1. The van der Waals surface area contributed by atoms with Crippen LogP contribution in [0, 0.1) is 10.7 Å². The third kappa shape index (κ3) is 16.1. The first-order valence-corrected chi connectivity index (χ1v) is 4.07. The second-order valence-electron chi connectivity index (χ2n) is 2.15. The molecule has 0 aromatic carbocycles. The maximum absolute atomic E-state index is 10.2. The van der Waals surface area contributed by atoms with E-state index in [2.05, 4.69) is 0 Å². The molecule has 0 spiro atoms. The van der Waals surface area contributed by atoms with E-state index in [9.17, 15) is 9.59 Å². The lowest BCUT2D eigenvalue weighted by Gasteiger charge is -1.96. The molecule has 0 saturated carbocycles. The maximum Gasteiger partial charge on any atom is 0.157 e. The summed E-state index contributed by atoms with van der Waals surface area (Å²) >= 11 is 0.773. The van der Waals surface area contributed by atoms with Crippen LogP contribution < -0.4 is 5.73 Å². The summed E-state index contributed by atoms with van der Waals surface area (Å²) < 4.78 is 0. The number of Topliss-reactive ketones (excluding diaryl/α,β-unsaturated/α-hetero) is 2. The van der Waals surface area contributed by atoms with Crippen LogP contribution in [0.1, 0.15) is 20.8 Å². The van der Waals surface area contributed by atoms with Crippen molar-refractivity contribution in [3.8, 4) is 5.40 Å². The van der Waals surface area contributed by atoms with Gasteiger partial charge in [0.1, 0.15) is 16.6 Å². The van der Waals surface area contributed by atoms with Gasteiger partial charge in [0.05, 0.1) is 0 Å². The number of nitrogens with two attached hydrogens (primary N) is 1. The van der Waals surface area contributed by atoms with Gasteiger partial charge in [-0.1, -0.05) is 0 Å². The van der Waals surface area contributed by atoms with Crippen LogP contribution in [0.3, 0.4) is 0 Å². The standard InChI is InChI=1S/C4H6N2OS.C3H6O/c1-3(7)4(6)8-2-5;1-3(2)4/h4H,6H2,1H3;1-2H3. The molecule has 0 aromatic rings. The van der Waals surface area contributed by atoms with Crippen LogP contribution in [0.4, 0.5) is 0 Å². The smallest absolute Gasteiger partial charge is 0.157 e. The van der Waals surface area contributed by atoms with Crippen LogP contribution in [0.2, 0.25) is 0 Å². The van der Waals surface area contributed by atoms with E-state index >= 15 is 0 Å². The van der Waals surface area contributed by atoms with Crippen molar-refractivity contribution < 1.29 is 9.59 Å². The molecule has 0 aliphatic heterocycles. The zero-order valence-corrected chi connectivity index (χ0v) is 8.14. The quantitative estimate of drug-likeness (QED) is 0.508. The molecule has 5 heteroatoms. The average molecular weight is 188 g/mol. The average Bonchev–Trinajstić information content (AvgIpc) is 1.86. The Balaban J connectivity index is 0. The molecule has 68 valence electrons. The topological polar surface area (TPSA) is 83.9 Å². The first kappa shape index (κ1) is 13.7. The summed E-state index contributed by atoms with van der Waals surface area (Å²) in [5.41, 5.74) is 5.12. The molecule has 0 fully saturated rings. The van der Waals surface area contributed by atoms with Gasteiger partial charge in [-0.3, -0.25) is 4.79 Å². The van der Waals surface area contributed by atoms with Crippen molar-refractivity contribution in [2.45, 2.75) is 26.1 Å². The predicted octanol–water partition coefficient (Wildman–Crippen LogP) is 0.670. The van der Waals surface area contributed by atoms with Gasteiger partial charge in [-0.25, -0.2) is 0 Å². The normalized spacial score (nSPS) is 10.2. The molecule has 1 unspecified atom stereocenters. The maximum atomic E-state index is 10.2. The van der Waals surface area contributed by atoms with Gasteiger partial charge in [-0.05, 0) is 32.5 Å². The molecule has 0 saturated heterocycles. The molecule has 2 N–H and O–H groups in total. The molecule has 0 aliphatic rings. The Morgan fingerprint density at radius 2 is 1.75 bits per heavy atom. The number of thiocyanates is 1. The Morgan fingerprint density at radius 3 is 1.83 bits per heavy atom. The molecule has 1 atom stereocenters. The summed E-state index contributed by atoms with van der Waals surface area (Å²) in [6.07, 6.45) is 0. The van der Waals surface area contributed by atoms with Gasteiger partial charge in [-0.15, -0.1) is 0 Å². The van der Waals surface area contributed by atoms with E-state index < -0.39 is 5.37 Å². The Bertz CT molecular complexity index is 194. The summed E-state index contributed by atoms with van der Waals surface area (Å²) in [6.45, 7) is 4.41. The van der Waals surface area contributed by atoms with Crippen LogP contribution in [-0.2, 0) is 9.59 Å². The second-order valence-corrected chi connectivity index (χ2v) is 3.07. The van der Waals surface area contributed by atoms with E-state index in [1.54, 1.807) is 5.40 Å². The fourth-order valence-corrected chi connectivity index (χ4v) is 0.419. The number of nitrogens with zero attached hydrogens (tertiary/aromatic N) is 1. The number of hydrogen-bond acceptors (Lipinski definition) is 5. The van der Waals surface area contributed by atoms with Gasteiger partial charge in [0.15, 0.2) is 5.78 Å². The van der Waals surface area contributed by atoms with E-state index in [0.29, 0.717) is 0 Å². The van der Waals surface area contributed by atoms with E-state index in [1.165, 1.54) is 20.8 Å². The molecular weight excluding hydrogens is 176 g/mol. The number of carbonyl (C=O) groups excluding carboxylic acids is 2. The van der Waals surface area contributed by atoms with Gasteiger partial charge in [0.25, 0.3) is 0 Å². The van der Waals surface area contributed by atoms with E-state index in [-0.39, 0.29) is 11.6 Å². The van der Waals surface area contributed by atoms with Crippen LogP contribution in [0.5, 0.6) is 0 Å². The third-order valence-electron chi connectivity index (χ3n) is 0.580. The number of carbonyl (C=O) groups is 2. The van der Waals surface area contributed by atoms with Crippen molar-refractivity contribution in [2.24, 2.45) is 5.73 Å². The lowest BCUT2D eigenvalue weighted by atomic mass is 10.5. The number of thioether (sulfide) groups is 1. The zero-order valence-electron chi connectivity index (χ0n) is 7.33. The van der Waals surface area contributed by atoms with Crippen molar-refractivity contribution in [2.75, 3.05) is 0 Å². The second kappa shape index (κ2) is 8.24. The molecule has 4 nitrogen and oxygen atoms in total. The Labute approximate surface area is 76.1 Å². The molecule has 0 heterocycles. The van der Waals surface area contributed by atoms with E-state index in [0.717, 1.165) is 11.8 Å². The predicted molar refractivity (Wildman–Crippen MR) is 48.2 cm³/mol. The highest BCUT2D eigenvalue weighted by Gasteiger charge is 2.05. The number of ketones is 2. The first-order chi connectivity index (χ1) is 5.41. The molecule has 0 bridgehead atoms. The van der Waals surface area contributed by atoms with E-state index in [1.807, 2.05) is 0 Å². The summed E-state index contributed by atoms with van der Waals surface area (Å²) in [6, 6.07) is 0. The molecule has 0 amide bonds. The minimum Gasteiger partial charge on any atom is -0.312 e. The molecule has 12 heavy (non-hydrogen) atoms. The number of hydrogen-bond donors (Lipinski definition) is 1. The fourth-order valence-electron chi connectivity index (χ4n) is 0.140. The van der Waals surface area contributed by atoms with Crippen LogP contribution in [0.25, 0.3) is 0 Å². The minimum absolute atomic E-state index is 0.167. The van der Waals surface area contributed by atoms with Crippen molar-refractivity contribution in [3.63, 3.8) is 0 Å². The Hall–Kier alpha value is -0.860. The van der Waals surface area contributed by atoms with Crippen LogP contribution in [0.15, 0.2) is 0 Å². The van der Waals surface area contributed by atoms with Crippen molar-refractivity contribution in [3.05, 3.63) is 0 Å². The van der Waals surface area contributed by atoms with Crippen LogP contribution in [-0.4, -0.2) is 16.9 Å². The Kier molecular flexibility index (Phi) is 9.41. The minimum atomic E-state index is -0.667. The summed E-state index contributed by atoms with van der Waals surface area (Å²) in [4.78, 5) is 19.7. The summed E-state index contributed by atoms with van der Waals surface area (Å²) in [7, 11) is 0. The lowest BCUT2D eigenvalue weighted by Crippen LogP contribution is -2.23. The van der Waals surface area contributed by atoms with Gasteiger partial charge in [-0.2, -0.15) is 5.26 Å². The van der Waals surface area contributed by atoms with Crippen molar-refractivity contribution in [1.29, 1.82) is 5.26 Å². The molecule has 0 rings (SSSR count). The SMILES string of the molecule is CC(=O)C(N)SC#N.CC(C)=O. The van der Waals surface area contributed by atoms with Crippen molar-refractivity contribution in [1.82, 2.24) is 0 Å². The monoisotopic (exact) mass is 188 g/mol. The van der Waals surface area contributed by atoms with Crippen LogP contribution >= 0.6 is 11.8 Å². The highest BCUT2D eigenvalue weighted by Crippen LogP contribution is 2.01. The van der Waals surface area contributed by atoms with E-state index in [4.69, 9.17) is 11.0 Å². The molecule has 0 aromatic heterocycles. The highest BCUT2D eigenvalue weighted by atomic mass is 32.2. The molecule has 0 radical (unpaired) electrons.